The summed E-state index contributed by atoms with van der Waals surface area (Å²) in [5.74, 6) is 1.35. The van der Waals surface area contributed by atoms with E-state index in [2.05, 4.69) is 0 Å². The van der Waals surface area contributed by atoms with Gasteiger partial charge in [-0.05, 0) is 55.3 Å². The number of methoxy groups -OCH3 is 1. The van der Waals surface area contributed by atoms with Crippen LogP contribution < -0.4 is 9.47 Å². The van der Waals surface area contributed by atoms with E-state index in [1.165, 1.54) is 29.5 Å². The predicted octanol–water partition coefficient (Wildman–Crippen LogP) is 7.15. The van der Waals surface area contributed by atoms with E-state index in [4.69, 9.17) is 19.5 Å². The van der Waals surface area contributed by atoms with Crippen LogP contribution in [0, 0.1) is 0 Å². The Hall–Kier alpha value is -3.10. The Bertz CT molecular complexity index is 1280. The summed E-state index contributed by atoms with van der Waals surface area (Å²) in [4.78, 5) is 25.8. The Morgan fingerprint density at radius 3 is 2.67 bits per heavy atom. The molecule has 186 valence electrons. The molecule has 1 saturated heterocycles. The SMILES string of the molecule is CCOc1ccc(/C=C2\S/C(=N/c3nc(-c4ccccc4)cs3)N(C3CCCCC3)C2=O)cc1OC. The topological polar surface area (TPSA) is 64.0 Å². The number of aliphatic imine (C=N–C) groups is 1. The highest BCUT2D eigenvalue weighted by atomic mass is 32.2. The zero-order valence-electron chi connectivity index (χ0n) is 20.5. The summed E-state index contributed by atoms with van der Waals surface area (Å²) in [6, 6.07) is 16.0. The number of carbonyl (C=O) groups excluding carboxylic acids is 1. The quantitative estimate of drug-likeness (QED) is 0.310. The molecule has 0 radical (unpaired) electrons. The Balaban J connectivity index is 1.47. The van der Waals surface area contributed by atoms with Crippen LogP contribution in [0.15, 0.2) is 63.8 Å². The monoisotopic (exact) mass is 519 g/mol. The average Bonchev–Trinajstić information content (AvgIpc) is 3.50. The van der Waals surface area contributed by atoms with Crippen LogP contribution in [0.1, 0.15) is 44.6 Å². The lowest BCUT2D eigenvalue weighted by Gasteiger charge is -2.30. The van der Waals surface area contributed by atoms with Gasteiger partial charge in [0, 0.05) is 17.0 Å². The van der Waals surface area contributed by atoms with E-state index in [0.717, 1.165) is 42.5 Å². The van der Waals surface area contributed by atoms with Crippen molar-refractivity contribution < 1.29 is 14.3 Å². The summed E-state index contributed by atoms with van der Waals surface area (Å²) < 4.78 is 11.1. The van der Waals surface area contributed by atoms with Gasteiger partial charge in [-0.3, -0.25) is 9.69 Å². The number of hydrogen-bond donors (Lipinski definition) is 0. The van der Waals surface area contributed by atoms with E-state index in [1.54, 1.807) is 7.11 Å². The first kappa shape index (κ1) is 24.6. The Morgan fingerprint density at radius 1 is 1.11 bits per heavy atom. The van der Waals surface area contributed by atoms with E-state index in [-0.39, 0.29) is 11.9 Å². The number of thiazole rings is 1. The van der Waals surface area contributed by atoms with Crippen LogP contribution in [0.5, 0.6) is 11.5 Å². The lowest BCUT2D eigenvalue weighted by Crippen LogP contribution is -2.40. The van der Waals surface area contributed by atoms with Crippen LogP contribution in [0.4, 0.5) is 5.13 Å². The summed E-state index contributed by atoms with van der Waals surface area (Å²) in [5, 5.41) is 3.39. The van der Waals surface area contributed by atoms with Crippen molar-refractivity contribution in [3.8, 4) is 22.8 Å². The van der Waals surface area contributed by atoms with E-state index in [9.17, 15) is 4.79 Å². The van der Waals surface area contributed by atoms with Crippen LogP contribution in [0.3, 0.4) is 0 Å². The van der Waals surface area contributed by atoms with Crippen molar-refractivity contribution in [2.24, 2.45) is 4.99 Å². The second-order valence-electron chi connectivity index (χ2n) is 8.70. The summed E-state index contributed by atoms with van der Waals surface area (Å²) in [6.07, 6.45) is 7.42. The van der Waals surface area contributed by atoms with Gasteiger partial charge in [0.2, 0.25) is 5.13 Å². The summed E-state index contributed by atoms with van der Waals surface area (Å²) in [6.45, 7) is 2.50. The van der Waals surface area contributed by atoms with Gasteiger partial charge in [0.05, 0.1) is 24.3 Å². The van der Waals surface area contributed by atoms with E-state index in [0.29, 0.717) is 33.3 Å². The molecule has 2 heterocycles. The maximum absolute atomic E-state index is 13.6. The van der Waals surface area contributed by atoms with Crippen LogP contribution in [-0.2, 0) is 4.79 Å². The highest BCUT2D eigenvalue weighted by Crippen LogP contribution is 2.40. The molecule has 0 unspecified atom stereocenters. The number of aromatic nitrogens is 1. The van der Waals surface area contributed by atoms with Crippen molar-refractivity contribution in [3.63, 3.8) is 0 Å². The van der Waals surface area contributed by atoms with Crippen molar-refractivity contribution in [3.05, 3.63) is 64.4 Å². The van der Waals surface area contributed by atoms with Crippen molar-refractivity contribution in [2.75, 3.05) is 13.7 Å². The number of amides is 1. The molecule has 0 atom stereocenters. The molecule has 1 aliphatic carbocycles. The number of benzene rings is 2. The van der Waals surface area contributed by atoms with E-state index in [1.807, 2.05) is 71.8 Å². The first-order valence-electron chi connectivity index (χ1n) is 12.3. The molecule has 0 bridgehead atoms. The van der Waals surface area contributed by atoms with Gasteiger partial charge in [-0.1, -0.05) is 55.7 Å². The lowest BCUT2D eigenvalue weighted by molar-refractivity contribution is -0.124. The number of hydrogen-bond acceptors (Lipinski definition) is 7. The molecule has 0 spiro atoms. The Kier molecular flexibility index (Phi) is 7.72. The number of rotatable bonds is 7. The maximum atomic E-state index is 13.6. The Morgan fingerprint density at radius 2 is 1.92 bits per heavy atom. The van der Waals surface area contributed by atoms with Gasteiger partial charge in [-0.25, -0.2) is 4.98 Å². The average molecular weight is 520 g/mol. The van der Waals surface area contributed by atoms with Crippen LogP contribution in [0.2, 0.25) is 0 Å². The summed E-state index contributed by atoms with van der Waals surface area (Å²) >= 11 is 2.92. The fraction of sp³-hybridized carbons (Fsp3) is 0.321. The number of nitrogens with zero attached hydrogens (tertiary/aromatic N) is 3. The third-order valence-corrected chi connectivity index (χ3v) is 8.03. The lowest BCUT2D eigenvalue weighted by atomic mass is 9.94. The zero-order valence-corrected chi connectivity index (χ0v) is 22.1. The third kappa shape index (κ3) is 5.34. The molecule has 0 N–H and O–H groups in total. The molecule has 5 rings (SSSR count). The molecular formula is C28H29N3O3S2. The summed E-state index contributed by atoms with van der Waals surface area (Å²) in [5.41, 5.74) is 2.84. The minimum absolute atomic E-state index is 0.0124. The molecule has 2 aromatic carbocycles. The highest BCUT2D eigenvalue weighted by Gasteiger charge is 2.39. The van der Waals surface area contributed by atoms with Crippen LogP contribution >= 0.6 is 23.1 Å². The molecule has 1 saturated carbocycles. The van der Waals surface area contributed by atoms with Crippen molar-refractivity contribution >= 4 is 45.4 Å². The normalized spacial score (nSPS) is 18.8. The first-order valence-corrected chi connectivity index (χ1v) is 14.0. The number of amidine groups is 1. The largest absolute Gasteiger partial charge is 0.493 e. The molecule has 1 aromatic heterocycles. The molecule has 2 fully saturated rings. The predicted molar refractivity (Wildman–Crippen MR) is 148 cm³/mol. The van der Waals surface area contributed by atoms with Crippen molar-refractivity contribution in [2.45, 2.75) is 45.1 Å². The molecule has 1 amide bonds. The highest BCUT2D eigenvalue weighted by molar-refractivity contribution is 8.18. The van der Waals surface area contributed by atoms with Gasteiger partial charge in [0.1, 0.15) is 0 Å². The van der Waals surface area contributed by atoms with Gasteiger partial charge < -0.3 is 9.47 Å². The molecule has 8 heteroatoms. The van der Waals surface area contributed by atoms with Crippen molar-refractivity contribution in [1.29, 1.82) is 0 Å². The first-order chi connectivity index (χ1) is 17.7. The smallest absolute Gasteiger partial charge is 0.267 e. The fourth-order valence-corrected chi connectivity index (χ4v) is 6.36. The molecule has 36 heavy (non-hydrogen) atoms. The van der Waals surface area contributed by atoms with Gasteiger partial charge in [-0.15, -0.1) is 11.3 Å². The zero-order chi connectivity index (χ0) is 24.9. The molecule has 6 nitrogen and oxygen atoms in total. The summed E-state index contributed by atoms with van der Waals surface area (Å²) in [7, 11) is 1.62. The molecule has 2 aliphatic rings. The van der Waals surface area contributed by atoms with E-state index < -0.39 is 0 Å². The molecule has 3 aromatic rings. The minimum atomic E-state index is 0.0124. The van der Waals surface area contributed by atoms with E-state index >= 15 is 0 Å². The van der Waals surface area contributed by atoms with Gasteiger partial charge in [-0.2, -0.15) is 4.99 Å². The van der Waals surface area contributed by atoms with Gasteiger partial charge in [0.15, 0.2) is 16.7 Å². The number of ether oxygens (including phenoxy) is 2. The van der Waals surface area contributed by atoms with Crippen LogP contribution in [0.25, 0.3) is 17.3 Å². The Labute approximate surface area is 220 Å². The number of carbonyl (C=O) groups is 1. The fourth-order valence-electron chi connectivity index (χ4n) is 4.56. The molecular weight excluding hydrogens is 490 g/mol. The van der Waals surface area contributed by atoms with Gasteiger partial charge in [0.25, 0.3) is 5.91 Å². The number of thioether (sulfide) groups is 1. The van der Waals surface area contributed by atoms with Crippen LogP contribution in [-0.4, -0.2) is 40.7 Å². The second-order valence-corrected chi connectivity index (χ2v) is 10.5. The standard InChI is InChI=1S/C28H29N3O3S2/c1-3-34-23-15-14-19(16-24(23)33-2)17-25-26(32)31(21-12-8-5-9-13-21)28(36-25)30-27-29-22(18-35-27)20-10-6-4-7-11-20/h4,6-7,10-11,14-18,21H,3,5,8-9,12-13H2,1-2H3/b25-17-,30-28+. The second kappa shape index (κ2) is 11.3. The molecule has 1 aliphatic heterocycles. The maximum Gasteiger partial charge on any atom is 0.267 e. The third-order valence-electron chi connectivity index (χ3n) is 6.31. The van der Waals surface area contributed by atoms with Crippen molar-refractivity contribution in [1.82, 2.24) is 9.88 Å². The minimum Gasteiger partial charge on any atom is -0.493 e. The van der Waals surface area contributed by atoms with Gasteiger partial charge >= 0.3 is 0 Å².